The Morgan fingerprint density at radius 2 is 1.76 bits per heavy atom. The fraction of sp³-hybridized carbons (Fsp3) is 0.211. The number of anilines is 1. The molecule has 1 amide bonds. The molecule has 6 heteroatoms. The molecule has 0 saturated heterocycles. The summed E-state index contributed by atoms with van der Waals surface area (Å²) in [6, 6.07) is 8.87. The summed E-state index contributed by atoms with van der Waals surface area (Å²) in [5, 5.41) is 3.36. The smallest absolute Gasteiger partial charge is 0.248 e. The lowest BCUT2D eigenvalue weighted by molar-refractivity contribution is -0.111. The maximum Gasteiger partial charge on any atom is 0.248 e. The number of hydrogen-bond acceptors (Lipinski definition) is 4. The number of hydrogen-bond donors (Lipinski definition) is 1. The third kappa shape index (κ3) is 4.45. The van der Waals surface area contributed by atoms with E-state index < -0.39 is 0 Å². The Kier molecular flexibility index (Phi) is 6.31. The molecule has 0 aliphatic carbocycles. The molecule has 132 valence electrons. The minimum atomic E-state index is -0.276. The van der Waals surface area contributed by atoms with Crippen LogP contribution in [-0.2, 0) is 4.79 Å². The molecule has 0 fully saturated rings. The van der Waals surface area contributed by atoms with Gasteiger partial charge in [0.25, 0.3) is 0 Å². The second-order valence-electron chi connectivity index (χ2n) is 5.21. The number of benzene rings is 2. The van der Waals surface area contributed by atoms with Crippen molar-refractivity contribution in [1.82, 2.24) is 0 Å². The molecule has 0 atom stereocenters. The standard InChI is InChI=1S/C19H20ClNO4/c1-12-5-8-14(20)11-15(12)21-17(22)10-7-13-6-9-16(23-2)19(25-4)18(13)24-3/h5-11H,1-4H3,(H,21,22)/b10-7+. The monoisotopic (exact) mass is 361 g/mol. The number of nitrogens with one attached hydrogen (secondary N) is 1. The van der Waals surface area contributed by atoms with Gasteiger partial charge in [0.2, 0.25) is 11.7 Å². The molecule has 0 aliphatic rings. The Morgan fingerprint density at radius 1 is 1.04 bits per heavy atom. The Labute approximate surface area is 152 Å². The molecule has 0 saturated carbocycles. The summed E-state index contributed by atoms with van der Waals surface area (Å²) in [5.74, 6) is 1.24. The fourth-order valence-electron chi connectivity index (χ4n) is 2.32. The zero-order chi connectivity index (χ0) is 18.4. The van der Waals surface area contributed by atoms with E-state index in [1.165, 1.54) is 20.3 Å². The molecular formula is C19H20ClNO4. The normalized spacial score (nSPS) is 10.6. The van der Waals surface area contributed by atoms with Gasteiger partial charge >= 0.3 is 0 Å². The van der Waals surface area contributed by atoms with Crippen LogP contribution < -0.4 is 19.5 Å². The minimum Gasteiger partial charge on any atom is -0.493 e. The Morgan fingerprint density at radius 3 is 2.40 bits per heavy atom. The molecule has 2 aromatic carbocycles. The van der Waals surface area contributed by atoms with Gasteiger partial charge in [0.15, 0.2) is 11.5 Å². The van der Waals surface area contributed by atoms with Gasteiger partial charge in [0.1, 0.15) is 0 Å². The molecule has 0 spiro atoms. The van der Waals surface area contributed by atoms with Crippen LogP contribution in [0.4, 0.5) is 5.69 Å². The lowest BCUT2D eigenvalue weighted by Gasteiger charge is -2.14. The number of ether oxygens (including phenoxy) is 3. The number of rotatable bonds is 6. The van der Waals surface area contributed by atoms with Crippen molar-refractivity contribution in [2.45, 2.75) is 6.92 Å². The van der Waals surface area contributed by atoms with Gasteiger partial charge in [-0.15, -0.1) is 0 Å². The predicted molar refractivity (Wildman–Crippen MR) is 100.0 cm³/mol. The molecule has 0 unspecified atom stereocenters. The van der Waals surface area contributed by atoms with Crippen LogP contribution in [0.25, 0.3) is 6.08 Å². The summed E-state index contributed by atoms with van der Waals surface area (Å²) in [7, 11) is 4.61. The van der Waals surface area contributed by atoms with E-state index in [4.69, 9.17) is 25.8 Å². The summed E-state index contributed by atoms with van der Waals surface area (Å²) in [6.45, 7) is 1.90. The first-order chi connectivity index (χ1) is 12.0. The number of amides is 1. The van der Waals surface area contributed by atoms with Crippen molar-refractivity contribution >= 4 is 29.3 Å². The number of carbonyl (C=O) groups is 1. The Bertz CT molecular complexity index is 802. The van der Waals surface area contributed by atoms with Gasteiger partial charge in [0.05, 0.1) is 21.3 Å². The highest BCUT2D eigenvalue weighted by Gasteiger charge is 2.14. The lowest BCUT2D eigenvalue weighted by atomic mass is 10.1. The molecule has 0 aliphatic heterocycles. The molecule has 2 rings (SSSR count). The molecule has 2 aromatic rings. The average Bonchev–Trinajstić information content (AvgIpc) is 2.61. The molecule has 25 heavy (non-hydrogen) atoms. The molecule has 0 bridgehead atoms. The van der Waals surface area contributed by atoms with E-state index >= 15 is 0 Å². The second-order valence-corrected chi connectivity index (χ2v) is 5.64. The van der Waals surface area contributed by atoms with Gasteiger partial charge in [0, 0.05) is 22.3 Å². The number of aryl methyl sites for hydroxylation is 1. The highest BCUT2D eigenvalue weighted by atomic mass is 35.5. The van der Waals surface area contributed by atoms with E-state index in [0.717, 1.165) is 5.56 Å². The van der Waals surface area contributed by atoms with Crippen molar-refractivity contribution in [3.8, 4) is 17.2 Å². The largest absolute Gasteiger partial charge is 0.493 e. The topological polar surface area (TPSA) is 56.8 Å². The number of methoxy groups -OCH3 is 3. The zero-order valence-electron chi connectivity index (χ0n) is 14.6. The number of carbonyl (C=O) groups excluding carboxylic acids is 1. The van der Waals surface area contributed by atoms with Gasteiger partial charge in [-0.2, -0.15) is 0 Å². The van der Waals surface area contributed by atoms with Crippen molar-refractivity contribution in [3.63, 3.8) is 0 Å². The first-order valence-corrected chi connectivity index (χ1v) is 7.92. The summed E-state index contributed by atoms with van der Waals surface area (Å²) in [6.07, 6.45) is 3.07. The van der Waals surface area contributed by atoms with E-state index in [2.05, 4.69) is 5.32 Å². The zero-order valence-corrected chi connectivity index (χ0v) is 15.3. The summed E-state index contributed by atoms with van der Waals surface area (Å²) < 4.78 is 16.0. The lowest BCUT2D eigenvalue weighted by Crippen LogP contribution is -2.09. The summed E-state index contributed by atoms with van der Waals surface area (Å²) in [4.78, 5) is 12.2. The van der Waals surface area contributed by atoms with Gasteiger partial charge in [-0.25, -0.2) is 0 Å². The SMILES string of the molecule is COc1ccc(/C=C/C(=O)Nc2cc(Cl)ccc2C)c(OC)c1OC. The fourth-order valence-corrected chi connectivity index (χ4v) is 2.50. The maximum absolute atomic E-state index is 12.2. The summed E-state index contributed by atoms with van der Waals surface area (Å²) >= 11 is 5.96. The van der Waals surface area contributed by atoms with Crippen LogP contribution in [0.5, 0.6) is 17.2 Å². The van der Waals surface area contributed by atoms with Crippen LogP contribution in [0.1, 0.15) is 11.1 Å². The van der Waals surface area contributed by atoms with Crippen molar-refractivity contribution in [2.75, 3.05) is 26.6 Å². The maximum atomic E-state index is 12.2. The van der Waals surface area contributed by atoms with E-state index in [-0.39, 0.29) is 5.91 Å². The third-order valence-corrected chi connectivity index (χ3v) is 3.84. The van der Waals surface area contributed by atoms with Gasteiger partial charge in [-0.3, -0.25) is 4.79 Å². The molecule has 5 nitrogen and oxygen atoms in total. The molecule has 1 N–H and O–H groups in total. The molecule has 0 aromatic heterocycles. The van der Waals surface area contributed by atoms with Crippen LogP contribution >= 0.6 is 11.6 Å². The van der Waals surface area contributed by atoms with Crippen molar-refractivity contribution in [1.29, 1.82) is 0 Å². The average molecular weight is 362 g/mol. The molecule has 0 radical (unpaired) electrons. The Hall–Kier alpha value is -2.66. The predicted octanol–water partition coefficient (Wildman–Crippen LogP) is 4.33. The van der Waals surface area contributed by atoms with Gasteiger partial charge < -0.3 is 19.5 Å². The minimum absolute atomic E-state index is 0.276. The van der Waals surface area contributed by atoms with E-state index in [1.54, 1.807) is 37.5 Å². The highest BCUT2D eigenvalue weighted by molar-refractivity contribution is 6.31. The van der Waals surface area contributed by atoms with Crippen molar-refractivity contribution < 1.29 is 19.0 Å². The quantitative estimate of drug-likeness (QED) is 0.778. The summed E-state index contributed by atoms with van der Waals surface area (Å²) in [5.41, 5.74) is 2.29. The number of halogens is 1. The van der Waals surface area contributed by atoms with Crippen LogP contribution in [0.15, 0.2) is 36.4 Å². The van der Waals surface area contributed by atoms with Crippen molar-refractivity contribution in [2.24, 2.45) is 0 Å². The van der Waals surface area contributed by atoms with Crippen molar-refractivity contribution in [3.05, 3.63) is 52.6 Å². The first kappa shape index (κ1) is 18.7. The van der Waals surface area contributed by atoms with Crippen LogP contribution in [0.2, 0.25) is 5.02 Å². The van der Waals surface area contributed by atoms with E-state index in [0.29, 0.717) is 33.5 Å². The third-order valence-electron chi connectivity index (χ3n) is 3.61. The van der Waals surface area contributed by atoms with E-state index in [9.17, 15) is 4.79 Å². The molecular weight excluding hydrogens is 342 g/mol. The molecule has 0 heterocycles. The highest BCUT2D eigenvalue weighted by Crippen LogP contribution is 2.40. The van der Waals surface area contributed by atoms with Crippen LogP contribution in [0.3, 0.4) is 0 Å². The first-order valence-electron chi connectivity index (χ1n) is 7.54. The van der Waals surface area contributed by atoms with Gasteiger partial charge in [-0.05, 0) is 42.8 Å². The van der Waals surface area contributed by atoms with Gasteiger partial charge in [-0.1, -0.05) is 17.7 Å². The Balaban J connectivity index is 2.23. The van der Waals surface area contributed by atoms with E-state index in [1.807, 2.05) is 13.0 Å². The second kappa shape index (κ2) is 8.44. The van der Waals surface area contributed by atoms with Crippen LogP contribution in [0, 0.1) is 6.92 Å². The van der Waals surface area contributed by atoms with Crippen LogP contribution in [-0.4, -0.2) is 27.2 Å².